The molecule has 0 aromatic heterocycles. The van der Waals surface area contributed by atoms with Crippen LogP contribution < -0.4 is 10.5 Å². The Kier molecular flexibility index (Phi) is 4.80. The molecule has 0 amide bonds. The molecular formula is C15H16ClNO2. The van der Waals surface area contributed by atoms with Gasteiger partial charge in [-0.05, 0) is 35.9 Å². The van der Waals surface area contributed by atoms with Crippen LogP contribution in [0.15, 0.2) is 42.5 Å². The van der Waals surface area contributed by atoms with Gasteiger partial charge in [-0.25, -0.2) is 0 Å². The molecule has 0 aliphatic rings. The number of halogens is 1. The highest BCUT2D eigenvalue weighted by molar-refractivity contribution is 6.30. The van der Waals surface area contributed by atoms with E-state index in [-0.39, 0.29) is 0 Å². The van der Waals surface area contributed by atoms with Crippen molar-refractivity contribution in [3.63, 3.8) is 0 Å². The maximum atomic E-state index is 5.94. The van der Waals surface area contributed by atoms with E-state index in [1.54, 1.807) is 13.2 Å². The Morgan fingerprint density at radius 3 is 2.74 bits per heavy atom. The van der Waals surface area contributed by atoms with Crippen LogP contribution in [0.3, 0.4) is 0 Å². The average Bonchev–Trinajstić information content (AvgIpc) is 2.41. The first kappa shape index (κ1) is 13.9. The minimum absolute atomic E-state index is 0.383. The van der Waals surface area contributed by atoms with Gasteiger partial charge in [0, 0.05) is 24.2 Å². The molecule has 0 heterocycles. The van der Waals surface area contributed by atoms with Crippen LogP contribution in [0.2, 0.25) is 5.02 Å². The highest BCUT2D eigenvalue weighted by Crippen LogP contribution is 2.28. The Balaban J connectivity index is 2.23. The van der Waals surface area contributed by atoms with Gasteiger partial charge in [-0.3, -0.25) is 0 Å². The molecule has 100 valence electrons. The topological polar surface area (TPSA) is 44.5 Å². The lowest BCUT2D eigenvalue weighted by Crippen LogP contribution is -1.99. The van der Waals surface area contributed by atoms with Gasteiger partial charge in [0.25, 0.3) is 0 Å². The van der Waals surface area contributed by atoms with E-state index in [9.17, 15) is 0 Å². The SMILES string of the molecule is COCc1cccc(Oc2ccc(Cl)cc2CN)c1. The summed E-state index contributed by atoms with van der Waals surface area (Å²) < 4.78 is 10.9. The van der Waals surface area contributed by atoms with E-state index >= 15 is 0 Å². The van der Waals surface area contributed by atoms with Crippen molar-refractivity contribution in [2.75, 3.05) is 7.11 Å². The Bertz CT molecular complexity index is 558. The first-order valence-corrected chi connectivity index (χ1v) is 6.35. The summed E-state index contributed by atoms with van der Waals surface area (Å²) in [6, 6.07) is 13.2. The molecule has 0 saturated carbocycles. The largest absolute Gasteiger partial charge is 0.457 e. The second-order valence-corrected chi connectivity index (χ2v) is 4.58. The van der Waals surface area contributed by atoms with Crippen LogP contribution in [0.5, 0.6) is 11.5 Å². The summed E-state index contributed by atoms with van der Waals surface area (Å²) >= 11 is 5.94. The zero-order valence-electron chi connectivity index (χ0n) is 10.7. The number of benzene rings is 2. The molecule has 4 heteroatoms. The van der Waals surface area contributed by atoms with Gasteiger partial charge >= 0.3 is 0 Å². The smallest absolute Gasteiger partial charge is 0.132 e. The molecule has 0 saturated heterocycles. The summed E-state index contributed by atoms with van der Waals surface area (Å²) in [7, 11) is 1.67. The summed E-state index contributed by atoms with van der Waals surface area (Å²) in [5, 5.41) is 0.654. The van der Waals surface area contributed by atoms with Crippen molar-refractivity contribution < 1.29 is 9.47 Å². The molecule has 0 aliphatic heterocycles. The quantitative estimate of drug-likeness (QED) is 0.905. The summed E-state index contributed by atoms with van der Waals surface area (Å²) in [5.41, 5.74) is 7.63. The van der Waals surface area contributed by atoms with Gasteiger partial charge in [-0.1, -0.05) is 23.7 Å². The van der Waals surface area contributed by atoms with Gasteiger partial charge in [-0.2, -0.15) is 0 Å². The zero-order valence-corrected chi connectivity index (χ0v) is 11.5. The number of hydrogen-bond acceptors (Lipinski definition) is 3. The van der Waals surface area contributed by atoms with Crippen molar-refractivity contribution in [1.82, 2.24) is 0 Å². The Morgan fingerprint density at radius 2 is 2.00 bits per heavy atom. The normalized spacial score (nSPS) is 10.5. The summed E-state index contributed by atoms with van der Waals surface area (Å²) in [6.45, 7) is 0.940. The lowest BCUT2D eigenvalue weighted by molar-refractivity contribution is 0.184. The van der Waals surface area contributed by atoms with Gasteiger partial charge in [-0.15, -0.1) is 0 Å². The predicted molar refractivity (Wildman–Crippen MR) is 76.6 cm³/mol. The highest BCUT2D eigenvalue weighted by Gasteiger charge is 2.05. The van der Waals surface area contributed by atoms with E-state index in [0.717, 1.165) is 22.6 Å². The van der Waals surface area contributed by atoms with Crippen molar-refractivity contribution in [3.05, 3.63) is 58.6 Å². The molecule has 2 aromatic rings. The lowest BCUT2D eigenvalue weighted by Gasteiger charge is -2.11. The summed E-state index contributed by atoms with van der Waals surface area (Å²) in [5.74, 6) is 1.48. The molecule has 0 aliphatic carbocycles. The van der Waals surface area contributed by atoms with Crippen LogP contribution >= 0.6 is 11.6 Å². The minimum Gasteiger partial charge on any atom is -0.457 e. The lowest BCUT2D eigenvalue weighted by atomic mass is 10.2. The molecule has 0 unspecified atom stereocenters. The maximum absolute atomic E-state index is 5.94. The van der Waals surface area contributed by atoms with Crippen molar-refractivity contribution in [3.8, 4) is 11.5 Å². The maximum Gasteiger partial charge on any atom is 0.132 e. The van der Waals surface area contributed by atoms with E-state index in [2.05, 4.69) is 0 Å². The molecule has 2 aromatic carbocycles. The fourth-order valence-electron chi connectivity index (χ4n) is 1.80. The fourth-order valence-corrected chi connectivity index (χ4v) is 1.99. The van der Waals surface area contributed by atoms with Gasteiger partial charge < -0.3 is 15.2 Å². The van der Waals surface area contributed by atoms with E-state index in [1.807, 2.05) is 36.4 Å². The molecule has 2 N–H and O–H groups in total. The monoisotopic (exact) mass is 277 g/mol. The second-order valence-electron chi connectivity index (χ2n) is 4.14. The first-order chi connectivity index (χ1) is 9.22. The fraction of sp³-hybridized carbons (Fsp3) is 0.200. The summed E-state index contributed by atoms with van der Waals surface area (Å²) in [6.07, 6.45) is 0. The van der Waals surface area contributed by atoms with E-state index in [0.29, 0.717) is 18.2 Å². The minimum atomic E-state index is 0.383. The third kappa shape index (κ3) is 3.70. The molecule has 0 spiro atoms. The van der Waals surface area contributed by atoms with Gasteiger partial charge in [0.15, 0.2) is 0 Å². The van der Waals surface area contributed by atoms with E-state index in [4.69, 9.17) is 26.8 Å². The zero-order chi connectivity index (χ0) is 13.7. The number of hydrogen-bond donors (Lipinski definition) is 1. The van der Waals surface area contributed by atoms with Gasteiger partial charge in [0.05, 0.1) is 6.61 Å². The number of nitrogens with two attached hydrogens (primary N) is 1. The van der Waals surface area contributed by atoms with Crippen LogP contribution in [0, 0.1) is 0 Å². The van der Waals surface area contributed by atoms with Crippen molar-refractivity contribution in [2.24, 2.45) is 5.73 Å². The van der Waals surface area contributed by atoms with Crippen molar-refractivity contribution >= 4 is 11.6 Å². The third-order valence-electron chi connectivity index (χ3n) is 2.68. The van der Waals surface area contributed by atoms with Crippen LogP contribution in [0.1, 0.15) is 11.1 Å². The number of methoxy groups -OCH3 is 1. The Labute approximate surface area is 117 Å². The predicted octanol–water partition coefficient (Wildman–Crippen LogP) is 3.74. The molecule has 2 rings (SSSR count). The standard InChI is InChI=1S/C15H16ClNO2/c1-18-10-11-3-2-4-14(7-11)19-15-6-5-13(16)8-12(15)9-17/h2-8H,9-10,17H2,1H3. The van der Waals surface area contributed by atoms with Crippen LogP contribution in [-0.4, -0.2) is 7.11 Å². The molecule has 0 bridgehead atoms. The Morgan fingerprint density at radius 1 is 1.16 bits per heavy atom. The molecule has 19 heavy (non-hydrogen) atoms. The highest BCUT2D eigenvalue weighted by atomic mass is 35.5. The molecule has 0 radical (unpaired) electrons. The average molecular weight is 278 g/mol. The van der Waals surface area contributed by atoms with Crippen LogP contribution in [-0.2, 0) is 17.9 Å². The number of rotatable bonds is 5. The molecule has 0 fully saturated rings. The van der Waals surface area contributed by atoms with E-state index < -0.39 is 0 Å². The van der Waals surface area contributed by atoms with Gasteiger partial charge in [0.2, 0.25) is 0 Å². The van der Waals surface area contributed by atoms with Crippen LogP contribution in [0.25, 0.3) is 0 Å². The number of ether oxygens (including phenoxy) is 2. The third-order valence-corrected chi connectivity index (χ3v) is 2.91. The second kappa shape index (κ2) is 6.57. The van der Waals surface area contributed by atoms with Crippen molar-refractivity contribution in [1.29, 1.82) is 0 Å². The molecular weight excluding hydrogens is 262 g/mol. The van der Waals surface area contributed by atoms with Crippen molar-refractivity contribution in [2.45, 2.75) is 13.2 Å². The van der Waals surface area contributed by atoms with E-state index in [1.165, 1.54) is 0 Å². The molecule has 0 atom stereocenters. The van der Waals surface area contributed by atoms with Crippen LogP contribution in [0.4, 0.5) is 0 Å². The first-order valence-electron chi connectivity index (χ1n) is 5.97. The Hall–Kier alpha value is -1.55. The van der Waals surface area contributed by atoms with Gasteiger partial charge in [0.1, 0.15) is 11.5 Å². The summed E-state index contributed by atoms with van der Waals surface area (Å²) in [4.78, 5) is 0. The molecule has 3 nitrogen and oxygen atoms in total.